The molecular formula is C11H13FN2O3. The Morgan fingerprint density at radius 1 is 1.47 bits per heavy atom. The zero-order valence-electron chi connectivity index (χ0n) is 9.53. The highest BCUT2D eigenvalue weighted by Crippen LogP contribution is 2.21. The summed E-state index contributed by atoms with van der Waals surface area (Å²) in [6.07, 6.45) is 1.00. The van der Waals surface area contributed by atoms with Crippen molar-refractivity contribution in [2.45, 2.75) is 20.3 Å². The predicted molar refractivity (Wildman–Crippen MR) is 58.9 cm³/mol. The van der Waals surface area contributed by atoms with E-state index in [4.69, 9.17) is 5.11 Å². The summed E-state index contributed by atoms with van der Waals surface area (Å²) < 4.78 is 12.5. The van der Waals surface area contributed by atoms with Crippen LogP contribution < -0.4 is 5.32 Å². The number of nitrogens with zero attached hydrogens (tertiary/aromatic N) is 1. The van der Waals surface area contributed by atoms with E-state index in [1.54, 1.807) is 0 Å². The van der Waals surface area contributed by atoms with E-state index in [-0.39, 0.29) is 6.42 Å². The Balaban J connectivity index is 2.62. The van der Waals surface area contributed by atoms with E-state index in [1.165, 1.54) is 26.1 Å². The van der Waals surface area contributed by atoms with Crippen molar-refractivity contribution in [3.05, 3.63) is 24.3 Å². The van der Waals surface area contributed by atoms with Gasteiger partial charge in [0.1, 0.15) is 0 Å². The molecule has 0 bridgehead atoms. The van der Waals surface area contributed by atoms with Crippen molar-refractivity contribution >= 4 is 17.6 Å². The summed E-state index contributed by atoms with van der Waals surface area (Å²) in [5.41, 5.74) is -0.810. The van der Waals surface area contributed by atoms with Gasteiger partial charge in [-0.2, -0.15) is 4.39 Å². The molecule has 0 aliphatic carbocycles. The molecule has 0 saturated heterocycles. The molecule has 2 N–H and O–H groups in total. The number of anilines is 1. The van der Waals surface area contributed by atoms with Crippen LogP contribution in [0.1, 0.15) is 20.3 Å². The lowest BCUT2D eigenvalue weighted by Crippen LogP contribution is -2.29. The number of hydrogen-bond donors (Lipinski definition) is 2. The molecule has 0 unspecified atom stereocenters. The fraction of sp³-hybridized carbons (Fsp3) is 0.364. The number of carboxylic acids is 1. The molecule has 17 heavy (non-hydrogen) atoms. The maximum absolute atomic E-state index is 12.5. The van der Waals surface area contributed by atoms with Gasteiger partial charge in [-0.15, -0.1) is 0 Å². The Kier molecular flexibility index (Phi) is 3.77. The van der Waals surface area contributed by atoms with Gasteiger partial charge < -0.3 is 10.4 Å². The van der Waals surface area contributed by atoms with Crippen molar-refractivity contribution in [1.82, 2.24) is 4.98 Å². The minimum absolute atomic E-state index is 0.167. The molecule has 0 atom stereocenters. The molecule has 0 aliphatic rings. The fourth-order valence-corrected chi connectivity index (χ4v) is 1.13. The van der Waals surface area contributed by atoms with Crippen LogP contribution in [0.5, 0.6) is 0 Å². The van der Waals surface area contributed by atoms with Gasteiger partial charge in [0.25, 0.3) is 0 Å². The van der Waals surface area contributed by atoms with Gasteiger partial charge in [-0.3, -0.25) is 9.59 Å². The topological polar surface area (TPSA) is 79.3 Å². The van der Waals surface area contributed by atoms with Crippen molar-refractivity contribution in [1.29, 1.82) is 0 Å². The number of aliphatic carboxylic acids is 1. The zero-order valence-corrected chi connectivity index (χ0v) is 9.53. The third kappa shape index (κ3) is 3.82. The molecule has 1 rings (SSSR count). The van der Waals surface area contributed by atoms with Crippen LogP contribution in [0.15, 0.2) is 18.3 Å². The first-order valence-electron chi connectivity index (χ1n) is 4.96. The van der Waals surface area contributed by atoms with Crippen molar-refractivity contribution in [3.63, 3.8) is 0 Å². The minimum atomic E-state index is -1.14. The van der Waals surface area contributed by atoms with Gasteiger partial charge in [-0.1, -0.05) is 0 Å². The second-order valence-corrected chi connectivity index (χ2v) is 4.28. The van der Waals surface area contributed by atoms with E-state index in [0.717, 1.165) is 6.07 Å². The Labute approximate surface area is 97.7 Å². The van der Waals surface area contributed by atoms with Gasteiger partial charge in [-0.05, 0) is 26.0 Å². The molecule has 1 aromatic heterocycles. The van der Waals surface area contributed by atoms with Crippen LogP contribution in [0, 0.1) is 11.4 Å². The highest BCUT2D eigenvalue weighted by atomic mass is 19.1. The lowest BCUT2D eigenvalue weighted by molar-refractivity contribution is -0.148. The molecule has 0 aromatic carbocycles. The lowest BCUT2D eigenvalue weighted by Gasteiger charge is -2.18. The van der Waals surface area contributed by atoms with E-state index in [0.29, 0.717) is 5.69 Å². The molecule has 0 radical (unpaired) electrons. The van der Waals surface area contributed by atoms with Crippen LogP contribution in [0.25, 0.3) is 0 Å². The van der Waals surface area contributed by atoms with Gasteiger partial charge in [-0.25, -0.2) is 4.98 Å². The number of aromatic nitrogens is 1. The third-order valence-corrected chi connectivity index (χ3v) is 2.19. The number of hydrogen-bond acceptors (Lipinski definition) is 3. The molecule has 1 amide bonds. The maximum atomic E-state index is 12.5. The van der Waals surface area contributed by atoms with Gasteiger partial charge in [0.05, 0.1) is 17.3 Å². The molecule has 0 fully saturated rings. The first-order valence-corrected chi connectivity index (χ1v) is 4.96. The summed E-state index contributed by atoms with van der Waals surface area (Å²) >= 11 is 0. The first kappa shape index (κ1) is 13.1. The Morgan fingerprint density at radius 3 is 2.59 bits per heavy atom. The molecule has 92 valence electrons. The number of halogens is 1. The normalized spacial score (nSPS) is 11.0. The Morgan fingerprint density at radius 2 is 2.12 bits per heavy atom. The number of rotatable bonds is 4. The predicted octanol–water partition coefficient (Wildman–Crippen LogP) is 1.66. The van der Waals surface area contributed by atoms with Gasteiger partial charge in [0.15, 0.2) is 0 Å². The van der Waals surface area contributed by atoms with E-state index >= 15 is 0 Å². The standard InChI is InChI=1S/C11H13FN2O3/c1-11(2,10(16)17)5-9(15)14-7-3-4-8(12)13-6-7/h3-4,6H,5H2,1-2H3,(H,14,15)(H,16,17). The monoisotopic (exact) mass is 240 g/mol. The van der Waals surface area contributed by atoms with E-state index in [9.17, 15) is 14.0 Å². The van der Waals surface area contributed by atoms with E-state index in [1.807, 2.05) is 0 Å². The Hall–Kier alpha value is -1.98. The van der Waals surface area contributed by atoms with Crippen LogP contribution in [0.2, 0.25) is 0 Å². The second-order valence-electron chi connectivity index (χ2n) is 4.28. The van der Waals surface area contributed by atoms with Gasteiger partial charge in [0, 0.05) is 6.42 Å². The molecular weight excluding hydrogens is 227 g/mol. The molecule has 1 heterocycles. The van der Waals surface area contributed by atoms with Crippen molar-refractivity contribution in [2.24, 2.45) is 5.41 Å². The highest BCUT2D eigenvalue weighted by molar-refractivity contribution is 5.93. The number of amides is 1. The van der Waals surface area contributed by atoms with Crippen molar-refractivity contribution in [2.75, 3.05) is 5.32 Å². The largest absolute Gasteiger partial charge is 0.481 e. The van der Waals surface area contributed by atoms with E-state index in [2.05, 4.69) is 10.3 Å². The van der Waals surface area contributed by atoms with Gasteiger partial charge in [0.2, 0.25) is 11.9 Å². The van der Waals surface area contributed by atoms with Crippen molar-refractivity contribution in [3.8, 4) is 0 Å². The number of pyridine rings is 1. The smallest absolute Gasteiger partial charge is 0.309 e. The average molecular weight is 240 g/mol. The van der Waals surface area contributed by atoms with Crippen LogP contribution in [-0.2, 0) is 9.59 Å². The quantitative estimate of drug-likeness (QED) is 0.784. The molecule has 1 aromatic rings. The maximum Gasteiger partial charge on any atom is 0.309 e. The van der Waals surface area contributed by atoms with Gasteiger partial charge >= 0.3 is 5.97 Å². The molecule has 5 nitrogen and oxygen atoms in total. The van der Waals surface area contributed by atoms with Crippen LogP contribution >= 0.6 is 0 Å². The number of carboxylic acid groups (broad SMARTS) is 1. The lowest BCUT2D eigenvalue weighted by atomic mass is 9.89. The fourth-order valence-electron chi connectivity index (χ4n) is 1.13. The molecule has 0 aliphatic heterocycles. The number of carbonyl (C=O) groups is 2. The number of carbonyl (C=O) groups excluding carboxylic acids is 1. The summed E-state index contributed by atoms with van der Waals surface area (Å²) in [7, 11) is 0. The van der Waals surface area contributed by atoms with E-state index < -0.39 is 23.2 Å². The second kappa shape index (κ2) is 4.90. The molecule has 0 saturated carbocycles. The summed E-state index contributed by atoms with van der Waals surface area (Å²) in [5.74, 6) is -2.15. The van der Waals surface area contributed by atoms with Crippen LogP contribution in [0.4, 0.5) is 10.1 Å². The summed E-state index contributed by atoms with van der Waals surface area (Å²) in [6, 6.07) is 2.46. The zero-order chi connectivity index (χ0) is 13.1. The third-order valence-electron chi connectivity index (χ3n) is 2.19. The van der Waals surface area contributed by atoms with Crippen LogP contribution in [-0.4, -0.2) is 22.0 Å². The molecule has 0 spiro atoms. The summed E-state index contributed by atoms with van der Waals surface area (Å²) in [4.78, 5) is 25.7. The SMILES string of the molecule is CC(C)(CC(=O)Nc1ccc(F)nc1)C(=O)O. The minimum Gasteiger partial charge on any atom is -0.481 e. The average Bonchev–Trinajstić information content (AvgIpc) is 2.20. The molecule has 6 heteroatoms. The van der Waals surface area contributed by atoms with Crippen molar-refractivity contribution < 1.29 is 19.1 Å². The number of nitrogens with one attached hydrogen (secondary N) is 1. The highest BCUT2D eigenvalue weighted by Gasteiger charge is 2.30. The first-order chi connectivity index (χ1) is 7.81. The Bertz CT molecular complexity index is 429. The summed E-state index contributed by atoms with van der Waals surface area (Å²) in [5, 5.41) is 11.3. The summed E-state index contributed by atoms with van der Waals surface area (Å²) in [6.45, 7) is 2.91. The van der Waals surface area contributed by atoms with Crippen LogP contribution in [0.3, 0.4) is 0 Å².